The van der Waals surface area contributed by atoms with Crippen molar-refractivity contribution in [2.75, 3.05) is 0 Å². The van der Waals surface area contributed by atoms with E-state index >= 15 is 0 Å². The van der Waals surface area contributed by atoms with Gasteiger partial charge in [-0.25, -0.2) is 4.98 Å². The maximum atomic E-state index is 10.5. The predicted octanol–water partition coefficient (Wildman–Crippen LogP) is 3.16. The highest BCUT2D eigenvalue weighted by molar-refractivity contribution is 9.10. The first-order chi connectivity index (χ1) is 8.08. The first kappa shape index (κ1) is 12.4. The summed E-state index contributed by atoms with van der Waals surface area (Å²) in [6, 6.07) is 3.77. The molecular formula is C11H10BrClN2O2. The summed E-state index contributed by atoms with van der Waals surface area (Å²) in [5, 5.41) is 9.04. The molecule has 2 aromatic heterocycles. The van der Waals surface area contributed by atoms with Crippen molar-refractivity contribution in [1.82, 2.24) is 9.38 Å². The molecule has 17 heavy (non-hydrogen) atoms. The van der Waals surface area contributed by atoms with Gasteiger partial charge in [-0.2, -0.15) is 0 Å². The number of aliphatic carboxylic acids is 1. The first-order valence-corrected chi connectivity index (χ1v) is 6.29. The molecule has 0 saturated heterocycles. The summed E-state index contributed by atoms with van der Waals surface area (Å²) >= 11 is 9.39. The summed E-state index contributed by atoms with van der Waals surface area (Å²) < 4.78 is 2.81. The second-order valence-corrected chi connectivity index (χ2v) is 4.94. The smallest absolute Gasteiger partial charge is 0.303 e. The van der Waals surface area contributed by atoms with Crippen molar-refractivity contribution in [3.05, 3.63) is 33.8 Å². The van der Waals surface area contributed by atoms with Crippen LogP contribution in [0.3, 0.4) is 0 Å². The molecule has 0 atom stereocenters. The summed E-state index contributed by atoms with van der Waals surface area (Å²) in [5.41, 5.74) is 0.834. The number of carboxylic acids is 1. The third-order valence-electron chi connectivity index (χ3n) is 2.42. The summed E-state index contributed by atoms with van der Waals surface area (Å²) in [7, 11) is 0. The normalized spacial score (nSPS) is 10.9. The molecule has 0 fully saturated rings. The Hall–Kier alpha value is -1.07. The number of hydrogen-bond acceptors (Lipinski definition) is 2. The van der Waals surface area contributed by atoms with Crippen LogP contribution in [0.1, 0.15) is 18.7 Å². The zero-order valence-electron chi connectivity index (χ0n) is 8.86. The lowest BCUT2D eigenvalue weighted by Crippen LogP contribution is -1.99. The fraction of sp³-hybridized carbons (Fsp3) is 0.273. The van der Waals surface area contributed by atoms with Crippen LogP contribution in [0.5, 0.6) is 0 Å². The largest absolute Gasteiger partial charge is 0.481 e. The van der Waals surface area contributed by atoms with Crippen LogP contribution >= 0.6 is 27.5 Å². The van der Waals surface area contributed by atoms with Gasteiger partial charge in [0.05, 0.1) is 5.52 Å². The molecule has 0 amide bonds. The molecule has 2 heterocycles. The number of imidazole rings is 1. The molecule has 2 aromatic rings. The highest BCUT2D eigenvalue weighted by Crippen LogP contribution is 2.22. The van der Waals surface area contributed by atoms with Gasteiger partial charge in [-0.3, -0.25) is 4.79 Å². The standard InChI is InChI=1S/C11H10BrClN2O2/c12-7-4-5-8-11(13)14-9(15(8)6-7)2-1-3-10(16)17/h4-6H,1-3H2,(H,16,17). The van der Waals surface area contributed by atoms with Crippen molar-refractivity contribution in [3.63, 3.8) is 0 Å². The number of halogens is 2. The second kappa shape index (κ2) is 5.06. The molecule has 0 bridgehead atoms. The number of carboxylic acid groups (broad SMARTS) is 1. The SMILES string of the molecule is O=C(O)CCCc1nc(Cl)c2ccc(Br)cn12. The Labute approximate surface area is 111 Å². The first-order valence-electron chi connectivity index (χ1n) is 5.11. The number of carbonyl (C=O) groups is 1. The van der Waals surface area contributed by atoms with E-state index < -0.39 is 5.97 Å². The van der Waals surface area contributed by atoms with E-state index in [9.17, 15) is 4.79 Å². The number of fused-ring (bicyclic) bond motifs is 1. The Balaban J connectivity index is 2.27. The summed E-state index contributed by atoms with van der Waals surface area (Å²) in [5.74, 6) is -0.00862. The summed E-state index contributed by atoms with van der Waals surface area (Å²) in [6.07, 6.45) is 3.17. The minimum absolute atomic E-state index is 0.139. The van der Waals surface area contributed by atoms with Crippen molar-refractivity contribution < 1.29 is 9.90 Å². The number of hydrogen-bond donors (Lipinski definition) is 1. The zero-order chi connectivity index (χ0) is 12.4. The number of aromatic nitrogens is 2. The molecule has 0 radical (unpaired) electrons. The zero-order valence-corrected chi connectivity index (χ0v) is 11.2. The van der Waals surface area contributed by atoms with Gasteiger partial charge in [0.2, 0.25) is 0 Å². The van der Waals surface area contributed by atoms with E-state index in [0.29, 0.717) is 18.0 Å². The van der Waals surface area contributed by atoms with Crippen LogP contribution in [0.25, 0.3) is 5.52 Å². The molecule has 2 rings (SSSR count). The molecule has 0 saturated carbocycles. The summed E-state index contributed by atoms with van der Waals surface area (Å²) in [6.45, 7) is 0. The van der Waals surface area contributed by atoms with Crippen LogP contribution in [-0.2, 0) is 11.2 Å². The van der Waals surface area contributed by atoms with Crippen LogP contribution < -0.4 is 0 Å². The van der Waals surface area contributed by atoms with Crippen molar-refractivity contribution >= 4 is 39.0 Å². The van der Waals surface area contributed by atoms with Gasteiger partial charge in [0.1, 0.15) is 5.82 Å². The van der Waals surface area contributed by atoms with Gasteiger partial charge in [-0.15, -0.1) is 0 Å². The number of rotatable bonds is 4. The lowest BCUT2D eigenvalue weighted by molar-refractivity contribution is -0.137. The van der Waals surface area contributed by atoms with E-state index in [2.05, 4.69) is 20.9 Å². The fourth-order valence-corrected chi connectivity index (χ4v) is 2.24. The third kappa shape index (κ3) is 2.79. The summed E-state index contributed by atoms with van der Waals surface area (Å²) in [4.78, 5) is 14.7. The molecule has 1 N–H and O–H groups in total. The lowest BCUT2D eigenvalue weighted by Gasteiger charge is -2.00. The Morgan fingerprint density at radius 1 is 1.53 bits per heavy atom. The number of nitrogens with zero attached hydrogens (tertiary/aromatic N) is 2. The molecule has 0 aliphatic rings. The van der Waals surface area contributed by atoms with Crippen molar-refractivity contribution in [2.24, 2.45) is 0 Å². The average Bonchev–Trinajstić information content (AvgIpc) is 2.55. The van der Waals surface area contributed by atoms with E-state index in [0.717, 1.165) is 15.8 Å². The van der Waals surface area contributed by atoms with Crippen molar-refractivity contribution in [1.29, 1.82) is 0 Å². The van der Waals surface area contributed by atoms with E-state index in [-0.39, 0.29) is 6.42 Å². The molecule has 90 valence electrons. The van der Waals surface area contributed by atoms with E-state index in [4.69, 9.17) is 16.7 Å². The van der Waals surface area contributed by atoms with Crippen LogP contribution in [0, 0.1) is 0 Å². The van der Waals surface area contributed by atoms with Gasteiger partial charge >= 0.3 is 5.97 Å². The third-order valence-corrected chi connectivity index (χ3v) is 3.17. The quantitative estimate of drug-likeness (QED) is 0.942. The van der Waals surface area contributed by atoms with Crippen LogP contribution in [-0.4, -0.2) is 20.5 Å². The molecule has 4 nitrogen and oxygen atoms in total. The highest BCUT2D eigenvalue weighted by Gasteiger charge is 2.09. The molecule has 0 aromatic carbocycles. The molecule has 0 aliphatic carbocycles. The van der Waals surface area contributed by atoms with Gasteiger partial charge in [-0.05, 0) is 34.5 Å². The minimum atomic E-state index is -0.793. The molecule has 0 spiro atoms. The lowest BCUT2D eigenvalue weighted by atomic mass is 10.2. The van der Waals surface area contributed by atoms with Crippen molar-refractivity contribution in [2.45, 2.75) is 19.3 Å². The second-order valence-electron chi connectivity index (χ2n) is 3.67. The minimum Gasteiger partial charge on any atom is -0.481 e. The van der Waals surface area contributed by atoms with Crippen LogP contribution in [0.4, 0.5) is 0 Å². The highest BCUT2D eigenvalue weighted by atomic mass is 79.9. The average molecular weight is 318 g/mol. The molecule has 6 heteroatoms. The maximum Gasteiger partial charge on any atom is 0.303 e. The number of aryl methyl sites for hydroxylation is 1. The Morgan fingerprint density at radius 3 is 3.00 bits per heavy atom. The van der Waals surface area contributed by atoms with Gasteiger partial charge in [0.15, 0.2) is 5.15 Å². The van der Waals surface area contributed by atoms with E-state index in [1.807, 2.05) is 22.7 Å². The Kier molecular flexibility index (Phi) is 3.69. The number of pyridine rings is 1. The van der Waals surface area contributed by atoms with Crippen molar-refractivity contribution in [3.8, 4) is 0 Å². The topological polar surface area (TPSA) is 54.6 Å². The molecule has 0 unspecified atom stereocenters. The van der Waals surface area contributed by atoms with Gasteiger partial charge < -0.3 is 9.51 Å². The Morgan fingerprint density at radius 2 is 2.29 bits per heavy atom. The van der Waals surface area contributed by atoms with Gasteiger partial charge in [0, 0.05) is 23.5 Å². The van der Waals surface area contributed by atoms with Gasteiger partial charge in [0.25, 0.3) is 0 Å². The molecule has 0 aliphatic heterocycles. The van der Waals surface area contributed by atoms with Crippen LogP contribution in [0.2, 0.25) is 5.15 Å². The maximum absolute atomic E-state index is 10.5. The van der Waals surface area contributed by atoms with Crippen LogP contribution in [0.15, 0.2) is 22.8 Å². The van der Waals surface area contributed by atoms with E-state index in [1.165, 1.54) is 0 Å². The monoisotopic (exact) mass is 316 g/mol. The fourth-order valence-electron chi connectivity index (χ4n) is 1.65. The van der Waals surface area contributed by atoms with E-state index in [1.54, 1.807) is 0 Å². The predicted molar refractivity (Wildman–Crippen MR) is 68.5 cm³/mol. The Bertz CT molecular complexity index is 568. The van der Waals surface area contributed by atoms with Gasteiger partial charge in [-0.1, -0.05) is 11.6 Å². The molecular weight excluding hydrogens is 307 g/mol.